The van der Waals surface area contributed by atoms with Crippen molar-refractivity contribution in [3.05, 3.63) is 18.2 Å². The number of hydrogen-bond donors (Lipinski definition) is 1. The van der Waals surface area contributed by atoms with Crippen LogP contribution in [0.3, 0.4) is 0 Å². The maximum Gasteiger partial charge on any atom is 0.163 e. The molecule has 0 aromatic heterocycles. The lowest BCUT2D eigenvalue weighted by Gasteiger charge is -2.13. The summed E-state index contributed by atoms with van der Waals surface area (Å²) >= 11 is 0. The molecular formula is C14H20N2O2. The number of benzene rings is 1. The molecule has 0 aliphatic rings. The largest absolute Gasteiger partial charge is 0.490 e. The lowest BCUT2D eigenvalue weighted by atomic mass is 10.2. The third-order valence-electron chi connectivity index (χ3n) is 2.38. The molecule has 1 unspecified atom stereocenters. The molecule has 0 fully saturated rings. The summed E-state index contributed by atoms with van der Waals surface area (Å²) in [6.45, 7) is 7.58. The number of nitriles is 1. The van der Waals surface area contributed by atoms with E-state index < -0.39 is 0 Å². The zero-order valence-corrected chi connectivity index (χ0v) is 11.2. The molecule has 0 aliphatic heterocycles. The summed E-state index contributed by atoms with van der Waals surface area (Å²) in [5.41, 5.74) is 0.934. The molecule has 0 amide bonds. The van der Waals surface area contributed by atoms with Crippen molar-refractivity contribution >= 4 is 5.69 Å². The topological polar surface area (TPSA) is 54.3 Å². The molecule has 0 saturated carbocycles. The lowest BCUT2D eigenvalue weighted by molar-refractivity contribution is 0.288. The first-order chi connectivity index (χ1) is 8.71. The van der Waals surface area contributed by atoms with Gasteiger partial charge in [0.1, 0.15) is 0 Å². The van der Waals surface area contributed by atoms with Gasteiger partial charge in [0.15, 0.2) is 11.5 Å². The van der Waals surface area contributed by atoms with E-state index in [2.05, 4.69) is 11.4 Å². The normalized spacial score (nSPS) is 11.4. The first-order valence-corrected chi connectivity index (χ1v) is 6.24. The van der Waals surface area contributed by atoms with Gasteiger partial charge in [-0.3, -0.25) is 0 Å². The smallest absolute Gasteiger partial charge is 0.163 e. The number of nitrogens with zero attached hydrogens (tertiary/aromatic N) is 1. The minimum Gasteiger partial charge on any atom is -0.490 e. The maximum atomic E-state index is 8.73. The molecule has 0 radical (unpaired) electrons. The van der Waals surface area contributed by atoms with Crippen LogP contribution in [-0.4, -0.2) is 19.8 Å². The molecule has 1 aromatic rings. The van der Waals surface area contributed by atoms with E-state index in [9.17, 15) is 0 Å². The quantitative estimate of drug-likeness (QED) is 0.805. The highest BCUT2D eigenvalue weighted by Gasteiger charge is 2.06. The molecule has 0 bridgehead atoms. The highest BCUT2D eigenvalue weighted by atomic mass is 16.5. The number of hydrogen-bond acceptors (Lipinski definition) is 4. The molecular weight excluding hydrogens is 228 g/mol. The van der Waals surface area contributed by atoms with Crippen molar-refractivity contribution in [2.75, 3.05) is 25.1 Å². The molecule has 1 aromatic carbocycles. The van der Waals surface area contributed by atoms with Gasteiger partial charge in [-0.2, -0.15) is 5.26 Å². The minimum atomic E-state index is -0.0212. The summed E-state index contributed by atoms with van der Waals surface area (Å²) in [6.07, 6.45) is 0. The number of rotatable bonds is 7. The van der Waals surface area contributed by atoms with Crippen molar-refractivity contribution in [2.45, 2.75) is 20.8 Å². The Hall–Kier alpha value is -1.89. The highest BCUT2D eigenvalue weighted by Crippen LogP contribution is 2.30. The summed E-state index contributed by atoms with van der Waals surface area (Å²) in [7, 11) is 0. The zero-order chi connectivity index (χ0) is 13.4. The van der Waals surface area contributed by atoms with Crippen LogP contribution >= 0.6 is 0 Å². The Bertz CT molecular complexity index is 413. The van der Waals surface area contributed by atoms with Gasteiger partial charge in [-0.15, -0.1) is 0 Å². The van der Waals surface area contributed by atoms with E-state index in [1.807, 2.05) is 39.0 Å². The van der Waals surface area contributed by atoms with Crippen LogP contribution in [0.5, 0.6) is 11.5 Å². The number of nitrogens with one attached hydrogen (secondary N) is 1. The van der Waals surface area contributed by atoms with Crippen LogP contribution in [0.25, 0.3) is 0 Å². The van der Waals surface area contributed by atoms with Gasteiger partial charge in [0.25, 0.3) is 0 Å². The zero-order valence-electron chi connectivity index (χ0n) is 11.2. The Labute approximate surface area is 109 Å². The monoisotopic (exact) mass is 248 g/mol. The minimum absolute atomic E-state index is 0.0212. The fourth-order valence-electron chi connectivity index (χ4n) is 1.48. The van der Waals surface area contributed by atoms with Crippen molar-refractivity contribution in [3.8, 4) is 17.6 Å². The van der Waals surface area contributed by atoms with Gasteiger partial charge in [0, 0.05) is 18.3 Å². The first-order valence-electron chi connectivity index (χ1n) is 6.24. The molecule has 18 heavy (non-hydrogen) atoms. The van der Waals surface area contributed by atoms with Crippen LogP contribution in [0.4, 0.5) is 5.69 Å². The van der Waals surface area contributed by atoms with Crippen LogP contribution in [0.1, 0.15) is 20.8 Å². The van der Waals surface area contributed by atoms with Gasteiger partial charge in [-0.1, -0.05) is 0 Å². The average molecular weight is 248 g/mol. The third-order valence-corrected chi connectivity index (χ3v) is 2.38. The summed E-state index contributed by atoms with van der Waals surface area (Å²) in [5.74, 6) is 1.46. The molecule has 0 aliphatic carbocycles. The van der Waals surface area contributed by atoms with Crippen LogP contribution in [0.2, 0.25) is 0 Å². The van der Waals surface area contributed by atoms with E-state index in [4.69, 9.17) is 14.7 Å². The summed E-state index contributed by atoms with van der Waals surface area (Å²) in [6, 6.07) is 7.90. The Kier molecular flexibility index (Phi) is 5.86. The van der Waals surface area contributed by atoms with E-state index >= 15 is 0 Å². The summed E-state index contributed by atoms with van der Waals surface area (Å²) < 4.78 is 11.0. The van der Waals surface area contributed by atoms with Gasteiger partial charge in [-0.05, 0) is 32.9 Å². The van der Waals surface area contributed by atoms with Gasteiger partial charge in [0.05, 0.1) is 25.2 Å². The molecule has 1 N–H and O–H groups in total. The third kappa shape index (κ3) is 4.17. The Morgan fingerprint density at radius 1 is 1.22 bits per heavy atom. The van der Waals surface area contributed by atoms with Crippen LogP contribution in [-0.2, 0) is 0 Å². The van der Waals surface area contributed by atoms with Gasteiger partial charge in [0.2, 0.25) is 0 Å². The first kappa shape index (κ1) is 14.2. The fraction of sp³-hybridized carbons (Fsp3) is 0.500. The van der Waals surface area contributed by atoms with Crippen LogP contribution in [0, 0.1) is 17.2 Å². The van der Waals surface area contributed by atoms with Gasteiger partial charge >= 0.3 is 0 Å². The van der Waals surface area contributed by atoms with Gasteiger partial charge < -0.3 is 14.8 Å². The SMILES string of the molecule is CCOc1ccc(NCC(C)C#N)cc1OCC. The Morgan fingerprint density at radius 3 is 2.50 bits per heavy atom. The Morgan fingerprint density at radius 2 is 1.89 bits per heavy atom. The van der Waals surface area contributed by atoms with Crippen molar-refractivity contribution < 1.29 is 9.47 Å². The predicted molar refractivity (Wildman–Crippen MR) is 72.0 cm³/mol. The molecule has 4 nitrogen and oxygen atoms in total. The highest BCUT2D eigenvalue weighted by molar-refractivity contribution is 5.54. The second-order valence-corrected chi connectivity index (χ2v) is 3.94. The number of ether oxygens (including phenoxy) is 2. The molecule has 0 saturated heterocycles. The van der Waals surface area contributed by atoms with E-state index in [1.54, 1.807) is 0 Å². The van der Waals surface area contributed by atoms with E-state index in [-0.39, 0.29) is 5.92 Å². The molecule has 0 spiro atoms. The standard InChI is InChI=1S/C14H20N2O2/c1-4-17-13-7-6-12(8-14(13)18-5-2)16-10-11(3)9-15/h6-8,11,16H,4-5,10H2,1-3H3. The lowest BCUT2D eigenvalue weighted by Crippen LogP contribution is -2.09. The van der Waals surface area contributed by atoms with Crippen molar-refractivity contribution in [2.24, 2.45) is 5.92 Å². The van der Waals surface area contributed by atoms with E-state index in [0.29, 0.717) is 19.8 Å². The second kappa shape index (κ2) is 7.44. The summed E-state index contributed by atoms with van der Waals surface area (Å²) in [4.78, 5) is 0. The van der Waals surface area contributed by atoms with Crippen molar-refractivity contribution in [1.82, 2.24) is 0 Å². The summed E-state index contributed by atoms with van der Waals surface area (Å²) in [5, 5.41) is 11.9. The molecule has 98 valence electrons. The molecule has 1 atom stereocenters. The van der Waals surface area contributed by atoms with E-state index in [1.165, 1.54) is 0 Å². The molecule has 0 heterocycles. The van der Waals surface area contributed by atoms with Crippen LogP contribution in [0.15, 0.2) is 18.2 Å². The van der Waals surface area contributed by atoms with Crippen molar-refractivity contribution in [1.29, 1.82) is 5.26 Å². The molecule has 4 heteroatoms. The predicted octanol–water partition coefficient (Wildman–Crippen LogP) is 3.06. The Balaban J connectivity index is 2.76. The van der Waals surface area contributed by atoms with Gasteiger partial charge in [-0.25, -0.2) is 0 Å². The maximum absolute atomic E-state index is 8.73. The van der Waals surface area contributed by atoms with Crippen LogP contribution < -0.4 is 14.8 Å². The van der Waals surface area contributed by atoms with Crippen molar-refractivity contribution in [3.63, 3.8) is 0 Å². The second-order valence-electron chi connectivity index (χ2n) is 3.94. The fourth-order valence-corrected chi connectivity index (χ4v) is 1.48. The average Bonchev–Trinajstić information content (AvgIpc) is 2.39. The van der Waals surface area contributed by atoms with E-state index in [0.717, 1.165) is 17.2 Å². The number of anilines is 1. The molecule has 1 rings (SSSR count).